The number of nitrogens with one attached hydrogen (secondary N) is 3. The Bertz CT molecular complexity index is 3350. The van der Waals surface area contributed by atoms with Gasteiger partial charge in [-0.15, -0.1) is 0 Å². The van der Waals surface area contributed by atoms with Crippen molar-refractivity contribution >= 4 is 54.8 Å². The maximum atomic E-state index is 13.9. The lowest BCUT2D eigenvalue weighted by molar-refractivity contribution is -0.0909. The van der Waals surface area contributed by atoms with Crippen molar-refractivity contribution in [3.63, 3.8) is 0 Å². The van der Waals surface area contributed by atoms with Crippen molar-refractivity contribution in [2.75, 3.05) is 131 Å². The van der Waals surface area contributed by atoms with Crippen LogP contribution in [0.3, 0.4) is 0 Å². The number of fused-ring (bicyclic) bond motifs is 4. The van der Waals surface area contributed by atoms with E-state index in [1.165, 1.54) is 32.9 Å². The van der Waals surface area contributed by atoms with Gasteiger partial charge in [-0.3, -0.25) is 0 Å². The molecule has 6 aliphatic heterocycles. The van der Waals surface area contributed by atoms with Crippen LogP contribution >= 0.6 is 22.6 Å². The second-order valence-corrected chi connectivity index (χ2v) is 30.3. The third-order valence-electron chi connectivity index (χ3n) is 16.8. The zero-order valence-electron chi connectivity index (χ0n) is 57.2. The van der Waals surface area contributed by atoms with Crippen LogP contribution < -0.4 is 50.1 Å². The lowest BCUT2D eigenvalue weighted by Gasteiger charge is -2.31. The molecule has 10 atom stereocenters. The average Bonchev–Trinajstić information content (AvgIpc) is 1.83. The summed E-state index contributed by atoms with van der Waals surface area (Å²) in [5, 5.41) is 32.1. The molecule has 28 nitrogen and oxygen atoms in total. The largest absolute Gasteiger partial charge is 0.494 e. The van der Waals surface area contributed by atoms with Crippen LogP contribution in [0.4, 0.5) is 9.59 Å². The minimum atomic E-state index is -4.06. The van der Waals surface area contributed by atoms with Gasteiger partial charge in [0, 0.05) is 70.0 Å². The van der Waals surface area contributed by atoms with Crippen LogP contribution in [0, 0.1) is 23.7 Å². The summed E-state index contributed by atoms with van der Waals surface area (Å²) in [7, 11) is -4.81. The molecule has 0 unspecified atom stereocenters. The molecule has 0 bridgehead atoms. The summed E-state index contributed by atoms with van der Waals surface area (Å²) in [6, 6.07) is 21.9. The predicted octanol–water partition coefficient (Wildman–Crippen LogP) is 5.84. The fraction of sp³-hybridized carbons (Fsp3) is 0.618. The van der Waals surface area contributed by atoms with Gasteiger partial charge >= 0.3 is 12.2 Å². The van der Waals surface area contributed by atoms with Crippen LogP contribution in [0.25, 0.3) is 0 Å². The molecule has 0 radical (unpaired) electrons. The fourth-order valence-electron chi connectivity index (χ4n) is 11.7. The number of alkyl halides is 1. The minimum absolute atomic E-state index is 0.0119. The molecule has 2 amide bonds. The lowest BCUT2D eigenvalue weighted by atomic mass is 10.0. The number of aliphatic hydroxyl groups is 2. The van der Waals surface area contributed by atoms with E-state index in [0.717, 1.165) is 60.1 Å². The van der Waals surface area contributed by atoms with Crippen LogP contribution in [0.1, 0.15) is 64.5 Å². The second-order valence-electron chi connectivity index (χ2n) is 25.3. The third kappa shape index (κ3) is 23.7. The highest BCUT2D eigenvalue weighted by molar-refractivity contribution is 14.1. The SMILES string of the molecule is CC(C)CN(C[C@@H](O)[C@H](Cc1ccc(OCCCI)cc1)NC(=O)O[C@H]1CO[C@H]2OCC[C@H]21)S(=O)(=O)c1ccc2c(c1)OCO2.COCCN.COCCNCCCOc1ccc(C[C@H](NC(=O)O[C@H]2CO[C@H]3OCC[C@H]32)[C@H](O)CN(CC(C)C)S(=O)(=O)c2ccc3c(c2)OCO3)cc1. The number of hydrogen-bond acceptors (Lipinski definition) is 24. The molecule has 6 heterocycles. The molecule has 4 aromatic rings. The normalized spacial score (nSPS) is 20.9. The predicted molar refractivity (Wildman–Crippen MR) is 371 cm³/mol. The van der Waals surface area contributed by atoms with E-state index >= 15 is 0 Å². The summed E-state index contributed by atoms with van der Waals surface area (Å²) in [6.07, 6.45) is -2.11. The number of hydrogen-bond donors (Lipinski definition) is 6. The number of alkyl carbamates (subject to hydrolysis) is 2. The number of ether oxygens (including phenoxy) is 14. The molecule has 0 spiro atoms. The van der Waals surface area contributed by atoms with E-state index in [2.05, 4.69) is 43.3 Å². The molecule has 4 fully saturated rings. The van der Waals surface area contributed by atoms with Crippen LogP contribution in [-0.4, -0.2) is 228 Å². The molecule has 10 rings (SSSR count). The molecule has 4 aromatic carbocycles. The van der Waals surface area contributed by atoms with E-state index in [4.69, 9.17) is 67.3 Å². The number of benzene rings is 4. The number of amides is 2. The van der Waals surface area contributed by atoms with Gasteiger partial charge in [0.15, 0.2) is 35.6 Å². The number of rotatable bonds is 36. The number of nitrogens with zero attached hydrogens (tertiary/aromatic N) is 2. The topological polar surface area (TPSA) is 341 Å². The van der Waals surface area contributed by atoms with Crippen molar-refractivity contribution in [1.82, 2.24) is 24.6 Å². The average molecular weight is 1540 g/mol. The van der Waals surface area contributed by atoms with Crippen LogP contribution in [0.15, 0.2) is 94.7 Å². The first-order chi connectivity index (χ1) is 47.7. The Kier molecular flexibility index (Phi) is 31.7. The summed E-state index contributed by atoms with van der Waals surface area (Å²) in [6.45, 7) is 13.6. The molecule has 0 aliphatic carbocycles. The summed E-state index contributed by atoms with van der Waals surface area (Å²) in [4.78, 5) is 26.4. The summed E-state index contributed by atoms with van der Waals surface area (Å²) >= 11 is 2.30. The number of halogens is 1. The minimum Gasteiger partial charge on any atom is -0.494 e. The van der Waals surface area contributed by atoms with E-state index in [0.29, 0.717) is 74.9 Å². The Morgan fingerprint density at radius 1 is 0.576 bits per heavy atom. The molecule has 6 aliphatic rings. The van der Waals surface area contributed by atoms with Crippen LogP contribution in [0.5, 0.6) is 34.5 Å². The molecule has 31 heteroatoms. The number of sulfonamides is 2. The Morgan fingerprint density at radius 2 is 1.01 bits per heavy atom. The number of carbonyl (C=O) groups is 2. The number of nitrogens with two attached hydrogens (primary N) is 1. The van der Waals surface area contributed by atoms with E-state index < -0.39 is 75.0 Å². The Hall–Kier alpha value is -5.63. The summed E-state index contributed by atoms with van der Waals surface area (Å²) in [5.74, 6) is 2.83. The standard InChI is InChI=1S/C34H49N3O11S.C31H41IN2O10S.C3H9NO/c1-23(2)19-37(49(40,41)26-9-10-30-31(18-26)47-22-46-30)20-29(38)28(36-34(39)48-32-21-45-33-27(32)11-15-44-33)17-24-5-7-25(8-6-24)43-14-4-12-35-13-16-42-3;1-20(2)16-34(45(37,38)23-8-9-27-28(15-23)43-19-42-27)17-26(35)25(14-21-4-6-22(7-5-21)39-12-3-11-32)33-31(36)44-29-18-41-30-24(29)10-13-40-30;1-5-3-2-4/h5-10,18,23,27-29,32-33,35,38H,4,11-17,19-22H2,1-3H3,(H,36,39);4-9,15,20,24-26,29-30,35H,3,10-14,16-19H2,1-2H3,(H,33,36);2-4H2,1H3/t27-,28-,29+,32-,33+;24-,25-,26+,29-,30+;/m00./s1. The van der Waals surface area contributed by atoms with Gasteiger partial charge in [-0.2, -0.15) is 8.61 Å². The first-order valence-corrected chi connectivity index (χ1v) is 38.0. The number of methoxy groups -OCH3 is 2. The van der Waals surface area contributed by atoms with E-state index in [9.17, 15) is 36.6 Å². The van der Waals surface area contributed by atoms with Gasteiger partial charge in [0.25, 0.3) is 0 Å². The Labute approximate surface area is 594 Å². The molecular weight excluding hydrogens is 1440 g/mol. The number of carbonyl (C=O) groups excluding carboxylic acids is 2. The van der Waals surface area contributed by atoms with Crippen molar-refractivity contribution in [2.45, 2.75) is 125 Å². The quantitative estimate of drug-likeness (QED) is 0.0177. The highest BCUT2D eigenvalue weighted by atomic mass is 127. The Balaban J connectivity index is 0.000000237. The van der Waals surface area contributed by atoms with Gasteiger partial charge < -0.3 is 98.2 Å². The molecule has 552 valence electrons. The molecule has 99 heavy (non-hydrogen) atoms. The van der Waals surface area contributed by atoms with Gasteiger partial charge in [0.1, 0.15) is 23.7 Å². The second kappa shape index (κ2) is 39.7. The van der Waals surface area contributed by atoms with E-state index in [-0.39, 0.29) is 106 Å². The van der Waals surface area contributed by atoms with E-state index in [1.54, 1.807) is 26.4 Å². The van der Waals surface area contributed by atoms with Gasteiger partial charge in [-0.25, -0.2) is 26.4 Å². The third-order valence-corrected chi connectivity index (χ3v) is 21.2. The van der Waals surface area contributed by atoms with Gasteiger partial charge in [-0.05, 0) is 117 Å². The summed E-state index contributed by atoms with van der Waals surface area (Å²) < 4.78 is 136. The zero-order valence-corrected chi connectivity index (χ0v) is 61.0. The molecule has 0 aromatic heterocycles. The van der Waals surface area contributed by atoms with Gasteiger partial charge in [0.05, 0.1) is 98.8 Å². The number of aliphatic hydroxyl groups excluding tert-OH is 2. The van der Waals surface area contributed by atoms with E-state index in [1.807, 2.05) is 76.2 Å². The van der Waals surface area contributed by atoms with Crippen LogP contribution in [0.2, 0.25) is 0 Å². The smallest absolute Gasteiger partial charge is 0.407 e. The highest BCUT2D eigenvalue weighted by Crippen LogP contribution is 2.38. The lowest BCUT2D eigenvalue weighted by Crippen LogP contribution is -2.51. The molecule has 4 saturated heterocycles. The van der Waals surface area contributed by atoms with Gasteiger partial charge in [0.2, 0.25) is 33.6 Å². The first-order valence-electron chi connectivity index (χ1n) is 33.6. The maximum absolute atomic E-state index is 13.9. The molecule has 0 saturated carbocycles. The summed E-state index contributed by atoms with van der Waals surface area (Å²) in [5.41, 5.74) is 6.64. The fourth-order valence-corrected chi connectivity index (χ4v) is 15.3. The van der Waals surface area contributed by atoms with Crippen molar-refractivity contribution < 1.29 is 103 Å². The van der Waals surface area contributed by atoms with Crippen molar-refractivity contribution in [3.8, 4) is 34.5 Å². The van der Waals surface area contributed by atoms with Crippen LogP contribution in [-0.2, 0) is 70.8 Å². The highest BCUT2D eigenvalue weighted by Gasteiger charge is 2.46. The molecule has 7 N–H and O–H groups in total. The molecular formula is C68H99IN6O22S2. The van der Waals surface area contributed by atoms with Crippen molar-refractivity contribution in [3.05, 3.63) is 96.1 Å². The Morgan fingerprint density at radius 3 is 1.41 bits per heavy atom. The maximum Gasteiger partial charge on any atom is 0.407 e. The first kappa shape index (κ1) is 79.1. The van der Waals surface area contributed by atoms with Gasteiger partial charge in [-0.1, -0.05) is 74.6 Å². The van der Waals surface area contributed by atoms with Crippen molar-refractivity contribution in [1.29, 1.82) is 0 Å². The van der Waals surface area contributed by atoms with Crippen molar-refractivity contribution in [2.24, 2.45) is 29.4 Å². The zero-order chi connectivity index (χ0) is 70.9. The monoisotopic (exact) mass is 1540 g/mol.